The van der Waals surface area contributed by atoms with Crippen LogP contribution < -0.4 is 0 Å². The Balaban J connectivity index is 1.03. The summed E-state index contributed by atoms with van der Waals surface area (Å²) in [4.78, 5) is 23.9. The molecule has 21 atom stereocenters. The van der Waals surface area contributed by atoms with Crippen LogP contribution in [-0.4, -0.2) is 142 Å². The van der Waals surface area contributed by atoms with E-state index in [1.807, 2.05) is 0 Å². The van der Waals surface area contributed by atoms with E-state index in [4.69, 9.17) is 33.2 Å². The fourth-order valence-electron chi connectivity index (χ4n) is 14.9. The number of ether oxygens (including phenoxy) is 7. The first-order valence-corrected chi connectivity index (χ1v) is 22.7. The fourth-order valence-corrected chi connectivity index (χ4v) is 14.9. The quantitative estimate of drug-likeness (QED) is 0.117. The second kappa shape index (κ2) is 15.4. The van der Waals surface area contributed by atoms with E-state index in [9.17, 15) is 40.2 Å². The van der Waals surface area contributed by atoms with Gasteiger partial charge in [0.05, 0.1) is 43.7 Å². The van der Waals surface area contributed by atoms with Gasteiger partial charge in [0.1, 0.15) is 30.5 Å². The first-order valence-electron chi connectivity index (χ1n) is 22.7. The number of aliphatic hydroxyl groups is 6. The molecule has 7 fully saturated rings. The summed E-state index contributed by atoms with van der Waals surface area (Å²) in [6.07, 6.45) is -3.66. The van der Waals surface area contributed by atoms with E-state index in [1.54, 1.807) is 6.92 Å². The van der Waals surface area contributed by atoms with Crippen LogP contribution in [0.5, 0.6) is 0 Å². The molecular weight excluding hydrogens is 792 g/mol. The Kier molecular flexibility index (Phi) is 11.6. The first-order chi connectivity index (χ1) is 28.5. The van der Waals surface area contributed by atoms with E-state index in [2.05, 4.69) is 53.7 Å². The zero-order valence-electron chi connectivity index (χ0n) is 37.5. The van der Waals surface area contributed by atoms with Crippen LogP contribution in [0.15, 0.2) is 12.2 Å². The SMILES string of the molecule is CC(=O)OC1C(CO)OC(OC2C(O)C(C)OC(OC3CCC4(C)C(CCC5(C)C4C=CC46OCC7(CCC(C)(C)CC74)C(O)CC56C)C3(C)CO)C2O)C(O)C1OC(C)=O. The highest BCUT2D eigenvalue weighted by Crippen LogP contribution is 2.79. The van der Waals surface area contributed by atoms with E-state index in [-0.39, 0.29) is 51.4 Å². The van der Waals surface area contributed by atoms with Crippen LogP contribution in [0, 0.1) is 50.2 Å². The summed E-state index contributed by atoms with van der Waals surface area (Å²) in [6, 6.07) is 0. The van der Waals surface area contributed by atoms with Crippen LogP contribution in [0.4, 0.5) is 0 Å². The topological polar surface area (TPSA) is 220 Å². The molecule has 0 aromatic rings. The van der Waals surface area contributed by atoms with Crippen molar-refractivity contribution >= 4 is 11.9 Å². The Morgan fingerprint density at radius 3 is 2.07 bits per heavy atom. The number of aliphatic hydroxyl groups excluding tert-OH is 6. The molecule has 21 unspecified atom stereocenters. The number of carbonyl (C=O) groups is 2. The van der Waals surface area contributed by atoms with E-state index in [0.29, 0.717) is 19.4 Å². The normalized spacial score (nSPS) is 54.7. The second-order valence-electron chi connectivity index (χ2n) is 22.1. The number of rotatable bonds is 8. The summed E-state index contributed by atoms with van der Waals surface area (Å²) in [6.45, 7) is 17.5. The maximum Gasteiger partial charge on any atom is 0.303 e. The summed E-state index contributed by atoms with van der Waals surface area (Å²) in [7, 11) is 0. The number of esters is 2. The molecule has 6 N–H and O–H groups in total. The third-order valence-electron chi connectivity index (χ3n) is 18.5. The monoisotopic (exact) mass is 864 g/mol. The molecule has 0 aromatic carbocycles. The molecule has 5 aliphatic carbocycles. The maximum atomic E-state index is 12.2. The smallest absolute Gasteiger partial charge is 0.303 e. The summed E-state index contributed by atoms with van der Waals surface area (Å²) in [5.74, 6) is -1.18. The first kappa shape index (κ1) is 45.8. The van der Waals surface area contributed by atoms with Crippen LogP contribution in [0.1, 0.15) is 114 Å². The third kappa shape index (κ3) is 6.59. The van der Waals surface area contributed by atoms with Crippen LogP contribution in [0.3, 0.4) is 0 Å². The second-order valence-corrected chi connectivity index (χ2v) is 22.1. The van der Waals surface area contributed by atoms with Gasteiger partial charge in [0.2, 0.25) is 0 Å². The highest BCUT2D eigenvalue weighted by Gasteiger charge is 2.79. The molecule has 15 nitrogen and oxygen atoms in total. The standard InChI is InChI=1S/C46H72O15/c1-23-32(52)36(61-39-34(54)37(58-25(3)50)35(57-24(2)49)26(20-47)59-39)33(53)38(56-23)60-31-12-13-41(6)27(42(31,7)21-48)10-14-43(8)28(41)11-15-46-29-18-40(4,5)16-17-45(29,22-55-46)30(51)19-44(43,46)9/h11,15,23,26-39,47-48,51-54H,10,12-14,16-22H2,1-9H3. The van der Waals surface area contributed by atoms with Gasteiger partial charge < -0.3 is 63.8 Å². The highest BCUT2D eigenvalue weighted by molar-refractivity contribution is 5.67. The van der Waals surface area contributed by atoms with Gasteiger partial charge in [-0.3, -0.25) is 9.59 Å². The number of carbonyl (C=O) groups excluding carboxylic acids is 2. The van der Waals surface area contributed by atoms with E-state index < -0.39 is 103 Å². The van der Waals surface area contributed by atoms with Crippen molar-refractivity contribution < 1.29 is 73.4 Å². The van der Waals surface area contributed by atoms with Gasteiger partial charge in [-0.2, -0.15) is 0 Å². The number of hydrogen-bond donors (Lipinski definition) is 6. The van der Waals surface area contributed by atoms with Crippen molar-refractivity contribution in [2.24, 2.45) is 50.2 Å². The Hall–Kier alpha value is -1.76. The third-order valence-corrected chi connectivity index (χ3v) is 18.5. The zero-order valence-corrected chi connectivity index (χ0v) is 37.5. The predicted molar refractivity (Wildman–Crippen MR) is 216 cm³/mol. The Labute approximate surface area is 359 Å². The summed E-state index contributed by atoms with van der Waals surface area (Å²) < 4.78 is 42.4. The molecule has 0 amide bonds. The zero-order chi connectivity index (χ0) is 44.5. The average Bonchev–Trinajstić information content (AvgIpc) is 3.46. The van der Waals surface area contributed by atoms with E-state index in [0.717, 1.165) is 52.4 Å². The van der Waals surface area contributed by atoms with Crippen molar-refractivity contribution in [2.45, 2.75) is 193 Å². The molecule has 2 bridgehead atoms. The van der Waals surface area contributed by atoms with Gasteiger partial charge in [-0.05, 0) is 86.4 Å². The summed E-state index contributed by atoms with van der Waals surface area (Å²) in [5, 5.41) is 68.2. The van der Waals surface area contributed by atoms with Crippen molar-refractivity contribution in [3.05, 3.63) is 12.2 Å². The lowest BCUT2D eigenvalue weighted by Gasteiger charge is -2.73. The summed E-state index contributed by atoms with van der Waals surface area (Å²) >= 11 is 0. The van der Waals surface area contributed by atoms with Crippen molar-refractivity contribution in [3.63, 3.8) is 0 Å². The Morgan fingerprint density at radius 1 is 0.754 bits per heavy atom. The van der Waals surface area contributed by atoms with Gasteiger partial charge in [0.15, 0.2) is 24.8 Å². The minimum Gasteiger partial charge on any atom is -0.456 e. The molecule has 3 heterocycles. The molecule has 346 valence electrons. The minimum atomic E-state index is -1.75. The average molecular weight is 865 g/mol. The molecule has 0 aromatic heterocycles. The van der Waals surface area contributed by atoms with Crippen molar-refractivity contribution in [1.82, 2.24) is 0 Å². The molecule has 8 aliphatic rings. The number of fused-ring (bicyclic) bond motifs is 4. The Bertz CT molecular complexity index is 1720. The molecule has 3 saturated heterocycles. The van der Waals surface area contributed by atoms with Crippen LogP contribution in [-0.2, 0) is 42.7 Å². The van der Waals surface area contributed by atoms with Crippen LogP contribution in [0.25, 0.3) is 0 Å². The number of allylic oxidation sites excluding steroid dienone is 1. The molecule has 3 aliphatic heterocycles. The molecule has 0 radical (unpaired) electrons. The highest BCUT2D eigenvalue weighted by atomic mass is 16.7. The lowest BCUT2D eigenvalue weighted by Crippen LogP contribution is -2.72. The van der Waals surface area contributed by atoms with Gasteiger partial charge in [0.25, 0.3) is 0 Å². The van der Waals surface area contributed by atoms with Gasteiger partial charge in [0, 0.05) is 36.0 Å². The molecule has 61 heavy (non-hydrogen) atoms. The molecule has 4 saturated carbocycles. The fraction of sp³-hybridized carbons (Fsp3) is 0.913. The van der Waals surface area contributed by atoms with Crippen LogP contribution in [0.2, 0.25) is 0 Å². The van der Waals surface area contributed by atoms with Gasteiger partial charge in [-0.25, -0.2) is 0 Å². The van der Waals surface area contributed by atoms with Gasteiger partial charge in [-0.15, -0.1) is 0 Å². The maximum absolute atomic E-state index is 12.2. The summed E-state index contributed by atoms with van der Waals surface area (Å²) in [5.41, 5.74) is -2.07. The van der Waals surface area contributed by atoms with Crippen molar-refractivity contribution in [2.75, 3.05) is 19.8 Å². The van der Waals surface area contributed by atoms with Gasteiger partial charge >= 0.3 is 11.9 Å². The molecule has 15 heteroatoms. The Morgan fingerprint density at radius 2 is 1.41 bits per heavy atom. The van der Waals surface area contributed by atoms with Crippen molar-refractivity contribution in [3.8, 4) is 0 Å². The van der Waals surface area contributed by atoms with Gasteiger partial charge in [-0.1, -0.05) is 53.7 Å². The molecule has 8 rings (SSSR count). The van der Waals surface area contributed by atoms with Crippen molar-refractivity contribution in [1.29, 1.82) is 0 Å². The molecular formula is C46H72O15. The van der Waals surface area contributed by atoms with E-state index in [1.165, 1.54) is 0 Å². The molecule has 1 spiro atoms. The lowest BCUT2D eigenvalue weighted by molar-refractivity contribution is -0.368. The predicted octanol–water partition coefficient (Wildman–Crippen LogP) is 2.92. The largest absolute Gasteiger partial charge is 0.456 e. The van der Waals surface area contributed by atoms with E-state index >= 15 is 0 Å². The lowest BCUT2D eigenvalue weighted by atomic mass is 9.32. The minimum absolute atomic E-state index is 0.00946. The number of hydrogen-bond acceptors (Lipinski definition) is 15. The van der Waals surface area contributed by atoms with Crippen LogP contribution >= 0.6 is 0 Å².